The van der Waals surface area contributed by atoms with Crippen LogP contribution in [0.25, 0.3) is 0 Å². The number of hydrogen-bond acceptors (Lipinski definition) is 2. The number of benzene rings is 1. The Bertz CT molecular complexity index is 515. The highest BCUT2D eigenvalue weighted by Crippen LogP contribution is 2.45. The molecule has 2 unspecified atom stereocenters. The minimum atomic E-state index is -5.63. The lowest BCUT2D eigenvalue weighted by Gasteiger charge is -2.33. The average molecular weight is 340 g/mol. The van der Waals surface area contributed by atoms with E-state index in [4.69, 9.17) is 9.47 Å². The Balaban J connectivity index is 3.11. The van der Waals surface area contributed by atoms with Crippen molar-refractivity contribution in [1.82, 2.24) is 0 Å². The Morgan fingerprint density at radius 2 is 1.74 bits per heavy atom. The number of alkyl halides is 5. The maximum absolute atomic E-state index is 13.4. The third kappa shape index (κ3) is 4.80. The summed E-state index contributed by atoms with van der Waals surface area (Å²) < 4.78 is 74.9. The van der Waals surface area contributed by atoms with E-state index in [0.717, 1.165) is 13.5 Å². The Kier molecular flexibility index (Phi) is 6.01. The molecule has 132 valence electrons. The third-order valence-electron chi connectivity index (χ3n) is 3.78. The van der Waals surface area contributed by atoms with Crippen molar-refractivity contribution >= 4 is 0 Å². The van der Waals surface area contributed by atoms with Crippen LogP contribution in [0.4, 0.5) is 22.0 Å². The molecule has 0 aliphatic carbocycles. The molecule has 0 spiro atoms. The molecule has 0 radical (unpaired) electrons. The van der Waals surface area contributed by atoms with Gasteiger partial charge in [0, 0.05) is 7.11 Å². The molecular weight excluding hydrogens is 319 g/mol. The van der Waals surface area contributed by atoms with E-state index < -0.39 is 24.1 Å². The van der Waals surface area contributed by atoms with Gasteiger partial charge in [0.15, 0.2) is 0 Å². The number of ether oxygens (including phenoxy) is 2. The van der Waals surface area contributed by atoms with Crippen LogP contribution in [0, 0.1) is 0 Å². The summed E-state index contributed by atoms with van der Waals surface area (Å²) in [5.74, 6) is -4.46. The molecule has 7 heteroatoms. The highest BCUT2D eigenvalue weighted by molar-refractivity contribution is 5.32. The van der Waals surface area contributed by atoms with E-state index in [1.807, 2.05) is 13.8 Å². The van der Waals surface area contributed by atoms with Crippen LogP contribution in [0.2, 0.25) is 0 Å². The summed E-state index contributed by atoms with van der Waals surface area (Å²) in [6, 6.07) is 6.03. The SMILES string of the molecule is CCC(C)Oc1cccc(C(C)(CC(F)(F)C(F)(F)F)OC)c1. The van der Waals surface area contributed by atoms with Crippen molar-refractivity contribution < 1.29 is 31.4 Å². The van der Waals surface area contributed by atoms with Gasteiger partial charge in [-0.05, 0) is 38.0 Å². The summed E-state index contributed by atoms with van der Waals surface area (Å²) in [4.78, 5) is 0. The molecule has 0 saturated heterocycles. The molecule has 1 aromatic carbocycles. The van der Waals surface area contributed by atoms with Gasteiger partial charge in [-0.1, -0.05) is 19.1 Å². The van der Waals surface area contributed by atoms with Gasteiger partial charge in [-0.2, -0.15) is 22.0 Å². The number of halogens is 5. The fraction of sp³-hybridized carbons (Fsp3) is 0.625. The maximum atomic E-state index is 13.4. The lowest BCUT2D eigenvalue weighted by molar-refractivity contribution is -0.298. The summed E-state index contributed by atoms with van der Waals surface area (Å²) in [5.41, 5.74) is -1.60. The number of rotatable bonds is 7. The molecule has 0 saturated carbocycles. The molecule has 0 N–H and O–H groups in total. The Morgan fingerprint density at radius 3 is 2.22 bits per heavy atom. The first-order chi connectivity index (χ1) is 10.4. The normalized spacial score (nSPS) is 16.7. The lowest BCUT2D eigenvalue weighted by atomic mass is 9.89. The van der Waals surface area contributed by atoms with E-state index >= 15 is 0 Å². The second-order valence-corrected chi connectivity index (χ2v) is 5.68. The van der Waals surface area contributed by atoms with Crippen LogP contribution in [-0.4, -0.2) is 25.3 Å². The molecule has 1 aromatic rings. The standard InChI is InChI=1S/C16H21F5O2/c1-5-11(2)23-13-8-6-7-12(9-13)14(3,22-4)10-15(17,18)16(19,20)21/h6-9,11H,5,10H2,1-4H3. The first kappa shape index (κ1) is 19.7. The van der Waals surface area contributed by atoms with Crippen LogP contribution in [0.15, 0.2) is 24.3 Å². The van der Waals surface area contributed by atoms with Gasteiger partial charge in [-0.25, -0.2) is 0 Å². The van der Waals surface area contributed by atoms with Crippen LogP contribution < -0.4 is 4.74 Å². The van der Waals surface area contributed by atoms with Gasteiger partial charge < -0.3 is 9.47 Å². The Labute approximate surface area is 132 Å². The predicted octanol–water partition coefficient (Wildman–Crippen LogP) is 5.31. The quantitative estimate of drug-likeness (QED) is 0.626. The predicted molar refractivity (Wildman–Crippen MR) is 76.8 cm³/mol. The molecule has 0 amide bonds. The van der Waals surface area contributed by atoms with Crippen molar-refractivity contribution in [2.45, 2.75) is 57.4 Å². The average Bonchev–Trinajstić information content (AvgIpc) is 2.45. The van der Waals surface area contributed by atoms with Crippen LogP contribution in [0.5, 0.6) is 5.75 Å². The first-order valence-electron chi connectivity index (χ1n) is 7.22. The van der Waals surface area contributed by atoms with Gasteiger partial charge in [0.05, 0.1) is 18.1 Å². The summed E-state index contributed by atoms with van der Waals surface area (Å²) in [6.07, 6.45) is -6.50. The molecule has 0 aliphatic rings. The monoisotopic (exact) mass is 340 g/mol. The van der Waals surface area contributed by atoms with E-state index in [0.29, 0.717) is 5.75 Å². The highest BCUT2D eigenvalue weighted by atomic mass is 19.4. The van der Waals surface area contributed by atoms with E-state index in [9.17, 15) is 22.0 Å². The Morgan fingerprint density at radius 1 is 1.13 bits per heavy atom. The van der Waals surface area contributed by atoms with E-state index in [-0.39, 0.29) is 11.7 Å². The Hall–Kier alpha value is -1.37. The number of methoxy groups -OCH3 is 1. The molecule has 23 heavy (non-hydrogen) atoms. The fourth-order valence-electron chi connectivity index (χ4n) is 2.03. The molecule has 1 rings (SSSR count). The number of hydrogen-bond donors (Lipinski definition) is 0. The van der Waals surface area contributed by atoms with Gasteiger partial charge in [0.1, 0.15) is 5.75 Å². The van der Waals surface area contributed by atoms with Crippen molar-refractivity contribution in [3.05, 3.63) is 29.8 Å². The van der Waals surface area contributed by atoms with E-state index in [1.165, 1.54) is 25.1 Å². The van der Waals surface area contributed by atoms with Gasteiger partial charge in [0.2, 0.25) is 0 Å². The minimum Gasteiger partial charge on any atom is -0.491 e. The van der Waals surface area contributed by atoms with Crippen molar-refractivity contribution in [3.63, 3.8) is 0 Å². The maximum Gasteiger partial charge on any atom is 0.453 e. The topological polar surface area (TPSA) is 18.5 Å². The van der Waals surface area contributed by atoms with Crippen LogP contribution in [0.3, 0.4) is 0 Å². The zero-order valence-electron chi connectivity index (χ0n) is 13.5. The van der Waals surface area contributed by atoms with Crippen molar-refractivity contribution in [3.8, 4) is 5.75 Å². The zero-order valence-corrected chi connectivity index (χ0v) is 13.5. The molecule has 0 heterocycles. The largest absolute Gasteiger partial charge is 0.491 e. The smallest absolute Gasteiger partial charge is 0.453 e. The summed E-state index contributed by atoms with van der Waals surface area (Å²) in [6.45, 7) is 4.95. The molecule has 2 nitrogen and oxygen atoms in total. The molecule has 2 atom stereocenters. The second-order valence-electron chi connectivity index (χ2n) is 5.68. The third-order valence-corrected chi connectivity index (χ3v) is 3.78. The molecule has 0 bridgehead atoms. The van der Waals surface area contributed by atoms with Crippen molar-refractivity contribution in [2.24, 2.45) is 0 Å². The van der Waals surface area contributed by atoms with Gasteiger partial charge in [0.25, 0.3) is 0 Å². The van der Waals surface area contributed by atoms with Crippen LogP contribution in [-0.2, 0) is 10.3 Å². The van der Waals surface area contributed by atoms with E-state index in [2.05, 4.69) is 0 Å². The van der Waals surface area contributed by atoms with Crippen molar-refractivity contribution in [2.75, 3.05) is 7.11 Å². The van der Waals surface area contributed by atoms with Crippen molar-refractivity contribution in [1.29, 1.82) is 0 Å². The second kappa shape index (κ2) is 7.03. The van der Waals surface area contributed by atoms with Gasteiger partial charge in [-0.3, -0.25) is 0 Å². The van der Waals surface area contributed by atoms with Crippen LogP contribution >= 0.6 is 0 Å². The van der Waals surface area contributed by atoms with Gasteiger partial charge in [-0.15, -0.1) is 0 Å². The molecule has 0 fully saturated rings. The summed E-state index contributed by atoms with van der Waals surface area (Å²) in [7, 11) is 1.11. The summed E-state index contributed by atoms with van der Waals surface area (Å²) >= 11 is 0. The lowest BCUT2D eigenvalue weighted by Crippen LogP contribution is -2.43. The molecular formula is C16H21F5O2. The van der Waals surface area contributed by atoms with E-state index in [1.54, 1.807) is 6.07 Å². The highest BCUT2D eigenvalue weighted by Gasteiger charge is 2.60. The molecule has 0 aliphatic heterocycles. The fourth-order valence-corrected chi connectivity index (χ4v) is 2.03. The van der Waals surface area contributed by atoms with Crippen LogP contribution in [0.1, 0.15) is 39.2 Å². The van der Waals surface area contributed by atoms with Gasteiger partial charge >= 0.3 is 12.1 Å². The summed E-state index contributed by atoms with van der Waals surface area (Å²) in [5, 5.41) is 0. The molecule has 0 aromatic heterocycles. The zero-order chi connectivity index (χ0) is 17.9. The first-order valence-corrected chi connectivity index (χ1v) is 7.22. The minimum absolute atomic E-state index is 0.101.